The minimum absolute atomic E-state index is 0.0125. The first-order chi connectivity index (χ1) is 9.29. The molecule has 1 rings (SSSR count). The summed E-state index contributed by atoms with van der Waals surface area (Å²) in [5.74, 6) is -1.47. The minimum atomic E-state index is -0.905. The molecule has 0 saturated heterocycles. The number of carbonyl (C=O) groups excluding carboxylic acids is 1. The van der Waals surface area contributed by atoms with Crippen molar-refractivity contribution in [1.29, 1.82) is 0 Å². The van der Waals surface area contributed by atoms with E-state index in [0.29, 0.717) is 11.3 Å². The molecule has 5 nitrogen and oxygen atoms in total. The molecule has 0 aliphatic rings. The maximum absolute atomic E-state index is 13.2. The highest BCUT2D eigenvalue weighted by Gasteiger charge is 2.11. The molecule has 0 bridgehead atoms. The van der Waals surface area contributed by atoms with Crippen LogP contribution in [-0.4, -0.2) is 23.7 Å². The van der Waals surface area contributed by atoms with Crippen LogP contribution in [0.5, 0.6) is 0 Å². The molecule has 1 aromatic rings. The molecule has 0 radical (unpaired) electrons. The lowest BCUT2D eigenvalue weighted by Gasteiger charge is -2.13. The number of rotatable bonds is 5. The van der Waals surface area contributed by atoms with E-state index in [1.54, 1.807) is 13.8 Å². The summed E-state index contributed by atoms with van der Waals surface area (Å²) in [5, 5.41) is 13.8. The highest BCUT2D eigenvalue weighted by Crippen LogP contribution is 2.24. The normalized spacial score (nSPS) is 11.8. The molecule has 20 heavy (non-hydrogen) atoms. The van der Waals surface area contributed by atoms with Gasteiger partial charge in [-0.15, -0.1) is 0 Å². The van der Waals surface area contributed by atoms with Gasteiger partial charge in [0.2, 0.25) is 0 Å². The summed E-state index contributed by atoms with van der Waals surface area (Å²) in [6.45, 7) is 3.66. The maximum Gasteiger partial charge on any atom is 0.319 e. The van der Waals surface area contributed by atoms with Gasteiger partial charge in [-0.1, -0.05) is 6.92 Å². The first-order valence-corrected chi connectivity index (χ1v) is 6.81. The van der Waals surface area contributed by atoms with Gasteiger partial charge in [0.1, 0.15) is 5.82 Å². The van der Waals surface area contributed by atoms with Gasteiger partial charge < -0.3 is 15.7 Å². The van der Waals surface area contributed by atoms with Gasteiger partial charge in [0, 0.05) is 18.7 Å². The van der Waals surface area contributed by atoms with Crippen LogP contribution >= 0.6 is 15.9 Å². The van der Waals surface area contributed by atoms with Crippen molar-refractivity contribution in [2.75, 3.05) is 11.9 Å². The van der Waals surface area contributed by atoms with E-state index in [2.05, 4.69) is 26.6 Å². The molecule has 0 spiro atoms. The fourth-order valence-electron chi connectivity index (χ4n) is 1.58. The average molecular weight is 347 g/mol. The number of nitrogens with one attached hydrogen (secondary N) is 2. The summed E-state index contributed by atoms with van der Waals surface area (Å²) in [7, 11) is 0. The Kier molecular flexibility index (Phi) is 5.94. The van der Waals surface area contributed by atoms with Crippen LogP contribution in [0.2, 0.25) is 0 Å². The van der Waals surface area contributed by atoms with Gasteiger partial charge in [0.25, 0.3) is 0 Å². The molecule has 0 aliphatic heterocycles. The zero-order chi connectivity index (χ0) is 15.3. The van der Waals surface area contributed by atoms with Crippen molar-refractivity contribution in [1.82, 2.24) is 5.32 Å². The summed E-state index contributed by atoms with van der Waals surface area (Å²) in [4.78, 5) is 22.2. The number of hydrogen-bond acceptors (Lipinski definition) is 2. The highest BCUT2D eigenvalue weighted by molar-refractivity contribution is 9.10. The Morgan fingerprint density at radius 3 is 2.70 bits per heavy atom. The van der Waals surface area contributed by atoms with Crippen LogP contribution in [0, 0.1) is 18.7 Å². The molecule has 7 heteroatoms. The lowest BCUT2D eigenvalue weighted by molar-refractivity contribution is -0.137. The van der Waals surface area contributed by atoms with Gasteiger partial charge in [-0.3, -0.25) is 4.79 Å². The van der Waals surface area contributed by atoms with Crippen molar-refractivity contribution >= 4 is 33.6 Å². The van der Waals surface area contributed by atoms with Crippen LogP contribution in [0.15, 0.2) is 16.6 Å². The first kappa shape index (κ1) is 16.4. The van der Waals surface area contributed by atoms with Gasteiger partial charge in [-0.2, -0.15) is 0 Å². The molecule has 0 aromatic heterocycles. The molecule has 0 saturated carbocycles. The lowest BCUT2D eigenvalue weighted by atomic mass is 10.1. The van der Waals surface area contributed by atoms with E-state index in [9.17, 15) is 14.0 Å². The van der Waals surface area contributed by atoms with Gasteiger partial charge in [0.05, 0.1) is 4.47 Å². The molecule has 0 aliphatic carbocycles. The van der Waals surface area contributed by atoms with E-state index in [-0.39, 0.29) is 23.4 Å². The molecule has 3 N–H and O–H groups in total. The second-order valence-electron chi connectivity index (χ2n) is 4.62. The SMILES string of the molecule is Cc1cc(F)c(Br)cc1NC(=O)NCC(C)CC(=O)O. The number of aryl methyl sites for hydroxylation is 1. The third-order valence-corrected chi connectivity index (χ3v) is 3.26. The Labute approximate surface area is 124 Å². The Morgan fingerprint density at radius 2 is 2.10 bits per heavy atom. The number of aliphatic carboxylic acids is 1. The second-order valence-corrected chi connectivity index (χ2v) is 5.47. The highest BCUT2D eigenvalue weighted by atomic mass is 79.9. The van der Waals surface area contributed by atoms with E-state index in [1.165, 1.54) is 12.1 Å². The molecule has 1 aromatic carbocycles. The number of carboxylic acids is 1. The van der Waals surface area contributed by atoms with Crippen molar-refractivity contribution in [3.8, 4) is 0 Å². The van der Waals surface area contributed by atoms with Crippen LogP contribution in [0.4, 0.5) is 14.9 Å². The van der Waals surface area contributed by atoms with E-state index in [4.69, 9.17) is 5.11 Å². The molecular formula is C13H16BrFN2O3. The number of anilines is 1. The monoisotopic (exact) mass is 346 g/mol. The van der Waals surface area contributed by atoms with Crippen molar-refractivity contribution in [3.05, 3.63) is 28.0 Å². The third kappa shape index (κ3) is 5.16. The number of halogens is 2. The van der Waals surface area contributed by atoms with Crippen molar-refractivity contribution in [2.45, 2.75) is 20.3 Å². The van der Waals surface area contributed by atoms with E-state index in [1.807, 2.05) is 0 Å². The summed E-state index contributed by atoms with van der Waals surface area (Å²) in [5.41, 5.74) is 1.08. The topological polar surface area (TPSA) is 78.4 Å². The van der Waals surface area contributed by atoms with Gasteiger partial charge in [0.15, 0.2) is 0 Å². The largest absolute Gasteiger partial charge is 0.481 e. The Bertz CT molecular complexity index is 523. The Balaban J connectivity index is 2.55. The molecule has 1 atom stereocenters. The fourth-order valence-corrected chi connectivity index (χ4v) is 1.93. The van der Waals surface area contributed by atoms with Gasteiger partial charge in [-0.05, 0) is 46.5 Å². The minimum Gasteiger partial charge on any atom is -0.481 e. The van der Waals surface area contributed by atoms with E-state index < -0.39 is 17.8 Å². The number of benzene rings is 1. The van der Waals surface area contributed by atoms with Crippen LogP contribution in [0.1, 0.15) is 18.9 Å². The lowest BCUT2D eigenvalue weighted by Crippen LogP contribution is -2.33. The number of amides is 2. The van der Waals surface area contributed by atoms with Crippen LogP contribution in [-0.2, 0) is 4.79 Å². The molecule has 0 fully saturated rings. The molecule has 1 unspecified atom stereocenters. The van der Waals surface area contributed by atoms with Gasteiger partial charge in [-0.25, -0.2) is 9.18 Å². The first-order valence-electron chi connectivity index (χ1n) is 6.02. The summed E-state index contributed by atoms with van der Waals surface area (Å²) >= 11 is 3.05. The van der Waals surface area contributed by atoms with E-state index >= 15 is 0 Å². The smallest absolute Gasteiger partial charge is 0.319 e. The summed E-state index contributed by atoms with van der Waals surface area (Å²) in [6.07, 6.45) is -0.0125. The Hall–Kier alpha value is -1.63. The second kappa shape index (κ2) is 7.23. The predicted molar refractivity (Wildman–Crippen MR) is 77.3 cm³/mol. The van der Waals surface area contributed by atoms with Gasteiger partial charge >= 0.3 is 12.0 Å². The zero-order valence-corrected chi connectivity index (χ0v) is 12.8. The third-order valence-electron chi connectivity index (χ3n) is 2.65. The fraction of sp³-hybridized carbons (Fsp3) is 0.385. The zero-order valence-electron chi connectivity index (χ0n) is 11.2. The molecule has 110 valence electrons. The predicted octanol–water partition coefficient (Wildman–Crippen LogP) is 3.13. The standard InChI is InChI=1S/C13H16BrFN2O3/c1-7(3-12(18)19)6-16-13(20)17-11-5-9(14)10(15)4-8(11)2/h4-5,7H,3,6H2,1-2H3,(H,18,19)(H2,16,17,20). The number of hydrogen-bond donors (Lipinski definition) is 3. The summed E-state index contributed by atoms with van der Waals surface area (Å²) < 4.78 is 13.5. The van der Waals surface area contributed by atoms with Crippen molar-refractivity contribution in [2.24, 2.45) is 5.92 Å². The maximum atomic E-state index is 13.2. The van der Waals surface area contributed by atoms with Crippen LogP contribution < -0.4 is 10.6 Å². The van der Waals surface area contributed by atoms with Crippen molar-refractivity contribution in [3.63, 3.8) is 0 Å². The van der Waals surface area contributed by atoms with E-state index in [0.717, 1.165) is 0 Å². The summed E-state index contributed by atoms with van der Waals surface area (Å²) in [6, 6.07) is 2.33. The Morgan fingerprint density at radius 1 is 1.45 bits per heavy atom. The van der Waals surface area contributed by atoms with Crippen molar-refractivity contribution < 1.29 is 19.1 Å². The molecule has 0 heterocycles. The number of urea groups is 1. The quantitative estimate of drug-likeness (QED) is 0.766. The molecular weight excluding hydrogens is 331 g/mol. The molecule has 2 amide bonds. The average Bonchev–Trinajstić information content (AvgIpc) is 2.32. The number of carboxylic acid groups (broad SMARTS) is 1. The number of carbonyl (C=O) groups is 2. The van der Waals surface area contributed by atoms with Crippen LogP contribution in [0.25, 0.3) is 0 Å². The van der Waals surface area contributed by atoms with Crippen LogP contribution in [0.3, 0.4) is 0 Å².